The van der Waals surface area contributed by atoms with Crippen LogP contribution in [0.25, 0.3) is 0 Å². The van der Waals surface area contributed by atoms with Crippen molar-refractivity contribution in [2.45, 2.75) is 77.4 Å². The molecule has 0 heterocycles. The summed E-state index contributed by atoms with van der Waals surface area (Å²) in [7, 11) is 0. The third-order valence-electron chi connectivity index (χ3n) is 7.09. The molecule has 2 saturated carbocycles. The SMILES string of the molecule is C=C[C@](C)(O)CC[C@]1(O)[C@@H](C)CC[C@@H]2C(=C)[C@@H](C)CC[C@]21C. The van der Waals surface area contributed by atoms with E-state index in [1.165, 1.54) is 5.57 Å². The van der Waals surface area contributed by atoms with E-state index in [9.17, 15) is 10.2 Å². The van der Waals surface area contributed by atoms with Crippen LogP contribution >= 0.6 is 0 Å². The minimum absolute atomic E-state index is 0.120. The fourth-order valence-electron chi connectivity index (χ4n) is 4.95. The molecule has 2 fully saturated rings. The molecular weight excluding hydrogens is 272 g/mol. The van der Waals surface area contributed by atoms with Gasteiger partial charge in [0, 0.05) is 5.41 Å². The third kappa shape index (κ3) is 2.69. The second-order valence-electron chi connectivity index (χ2n) is 8.45. The van der Waals surface area contributed by atoms with Crippen molar-refractivity contribution in [2.75, 3.05) is 0 Å². The minimum atomic E-state index is -0.905. The predicted octanol–water partition coefficient (Wildman–Crippen LogP) is 4.47. The molecule has 22 heavy (non-hydrogen) atoms. The van der Waals surface area contributed by atoms with Crippen molar-refractivity contribution in [3.8, 4) is 0 Å². The normalized spacial score (nSPS) is 45.0. The van der Waals surface area contributed by atoms with Crippen LogP contribution < -0.4 is 0 Å². The van der Waals surface area contributed by atoms with Crippen molar-refractivity contribution in [3.05, 3.63) is 24.8 Å². The van der Waals surface area contributed by atoms with Crippen LogP contribution in [-0.4, -0.2) is 21.4 Å². The Kier molecular flexibility index (Phi) is 4.68. The summed E-state index contributed by atoms with van der Waals surface area (Å²) in [5.74, 6) is 1.23. The van der Waals surface area contributed by atoms with Gasteiger partial charge in [0.2, 0.25) is 0 Å². The van der Waals surface area contributed by atoms with Crippen LogP contribution in [0.4, 0.5) is 0 Å². The van der Waals surface area contributed by atoms with Crippen LogP contribution in [0, 0.1) is 23.2 Å². The van der Waals surface area contributed by atoms with Gasteiger partial charge in [-0.1, -0.05) is 39.0 Å². The molecule has 0 spiro atoms. The average molecular weight is 306 g/mol. The Morgan fingerprint density at radius 1 is 1.32 bits per heavy atom. The topological polar surface area (TPSA) is 40.5 Å². The van der Waals surface area contributed by atoms with E-state index in [0.717, 1.165) is 25.7 Å². The van der Waals surface area contributed by atoms with Crippen molar-refractivity contribution in [1.29, 1.82) is 0 Å². The number of hydrogen-bond donors (Lipinski definition) is 2. The molecule has 0 unspecified atom stereocenters. The van der Waals surface area contributed by atoms with Crippen LogP contribution in [0.15, 0.2) is 24.8 Å². The highest BCUT2D eigenvalue weighted by Crippen LogP contribution is 2.61. The maximum Gasteiger partial charge on any atom is 0.0798 e. The molecule has 2 nitrogen and oxygen atoms in total. The number of allylic oxidation sites excluding steroid dienone is 1. The van der Waals surface area contributed by atoms with Gasteiger partial charge in [-0.2, -0.15) is 0 Å². The van der Waals surface area contributed by atoms with Gasteiger partial charge in [-0.3, -0.25) is 0 Å². The largest absolute Gasteiger partial charge is 0.389 e. The summed E-state index contributed by atoms with van der Waals surface area (Å²) in [4.78, 5) is 0. The second kappa shape index (κ2) is 5.79. The lowest BCUT2D eigenvalue weighted by atomic mass is 9.47. The molecular formula is C20H34O2. The molecule has 0 radical (unpaired) electrons. The first-order chi connectivity index (χ1) is 10.1. The van der Waals surface area contributed by atoms with E-state index >= 15 is 0 Å². The molecule has 0 aromatic rings. The molecule has 2 aliphatic rings. The monoisotopic (exact) mass is 306 g/mol. The summed E-state index contributed by atoms with van der Waals surface area (Å²) in [6, 6.07) is 0. The van der Waals surface area contributed by atoms with Crippen molar-refractivity contribution in [1.82, 2.24) is 0 Å². The van der Waals surface area contributed by atoms with E-state index < -0.39 is 11.2 Å². The van der Waals surface area contributed by atoms with Gasteiger partial charge in [-0.15, -0.1) is 6.58 Å². The van der Waals surface area contributed by atoms with Gasteiger partial charge < -0.3 is 10.2 Å². The smallest absolute Gasteiger partial charge is 0.0798 e. The fraction of sp³-hybridized carbons (Fsp3) is 0.800. The maximum atomic E-state index is 11.7. The Balaban J connectivity index is 2.30. The number of hydrogen-bond acceptors (Lipinski definition) is 2. The van der Waals surface area contributed by atoms with E-state index in [-0.39, 0.29) is 11.3 Å². The quantitative estimate of drug-likeness (QED) is 0.752. The van der Waals surface area contributed by atoms with Crippen molar-refractivity contribution >= 4 is 0 Å². The highest BCUT2D eigenvalue weighted by Gasteiger charge is 2.58. The van der Waals surface area contributed by atoms with E-state index in [4.69, 9.17) is 0 Å². The van der Waals surface area contributed by atoms with Gasteiger partial charge in [0.15, 0.2) is 0 Å². The molecule has 0 bridgehead atoms. The van der Waals surface area contributed by atoms with E-state index in [1.807, 2.05) is 0 Å². The highest BCUT2D eigenvalue weighted by atomic mass is 16.3. The molecule has 0 amide bonds. The summed E-state index contributed by atoms with van der Waals surface area (Å²) in [5.41, 5.74) is -0.426. The first-order valence-electron chi connectivity index (χ1n) is 8.84. The molecule has 2 aliphatic carbocycles. The molecule has 0 saturated heterocycles. The van der Waals surface area contributed by atoms with E-state index in [2.05, 4.69) is 33.9 Å². The van der Waals surface area contributed by atoms with Gasteiger partial charge in [0.25, 0.3) is 0 Å². The standard InChI is InChI=1S/C20H34O2/c1-7-18(5,21)12-13-20(22)15(3)8-9-17-16(4)14(2)10-11-19(17,20)6/h7,14-15,17,21-22H,1,4,8-13H2,2-3,5-6H3/t14-,15-,17+,18-,19+,20-/m0/s1. The lowest BCUT2D eigenvalue weighted by Crippen LogP contribution is -2.60. The average Bonchev–Trinajstić information content (AvgIpc) is 2.47. The van der Waals surface area contributed by atoms with Crippen LogP contribution in [0.2, 0.25) is 0 Å². The molecule has 0 aliphatic heterocycles. The van der Waals surface area contributed by atoms with Gasteiger partial charge in [-0.05, 0) is 63.2 Å². The van der Waals surface area contributed by atoms with Gasteiger partial charge in [0.1, 0.15) is 0 Å². The Morgan fingerprint density at radius 2 is 1.95 bits per heavy atom. The molecule has 6 atom stereocenters. The third-order valence-corrected chi connectivity index (χ3v) is 7.09. The highest BCUT2D eigenvalue weighted by molar-refractivity contribution is 5.21. The van der Waals surface area contributed by atoms with Crippen molar-refractivity contribution < 1.29 is 10.2 Å². The van der Waals surface area contributed by atoms with E-state index in [1.54, 1.807) is 13.0 Å². The summed E-state index contributed by atoms with van der Waals surface area (Å²) in [6.07, 6.45) is 7.11. The van der Waals surface area contributed by atoms with Crippen molar-refractivity contribution in [3.63, 3.8) is 0 Å². The zero-order valence-electron chi connectivity index (χ0n) is 14.9. The van der Waals surface area contributed by atoms with Crippen LogP contribution in [-0.2, 0) is 0 Å². The van der Waals surface area contributed by atoms with Crippen LogP contribution in [0.1, 0.15) is 66.2 Å². The Labute approximate surface area is 136 Å². The van der Waals surface area contributed by atoms with Crippen LogP contribution in [0.3, 0.4) is 0 Å². The van der Waals surface area contributed by atoms with Crippen LogP contribution in [0.5, 0.6) is 0 Å². The predicted molar refractivity (Wildman–Crippen MR) is 92.5 cm³/mol. The Hall–Kier alpha value is -0.600. The minimum Gasteiger partial charge on any atom is -0.389 e. The molecule has 0 aromatic heterocycles. The lowest BCUT2D eigenvalue weighted by Gasteiger charge is -2.60. The van der Waals surface area contributed by atoms with Gasteiger partial charge in [-0.25, -0.2) is 0 Å². The number of aliphatic hydroxyl groups is 2. The summed E-state index contributed by atoms with van der Waals surface area (Å²) in [6.45, 7) is 16.5. The van der Waals surface area contributed by atoms with E-state index in [0.29, 0.717) is 24.7 Å². The van der Waals surface area contributed by atoms with Gasteiger partial charge in [0.05, 0.1) is 11.2 Å². The lowest BCUT2D eigenvalue weighted by molar-refractivity contribution is -0.183. The number of fused-ring (bicyclic) bond motifs is 1. The fourth-order valence-corrected chi connectivity index (χ4v) is 4.95. The summed E-state index contributed by atoms with van der Waals surface area (Å²) < 4.78 is 0. The zero-order valence-corrected chi connectivity index (χ0v) is 14.9. The molecule has 126 valence electrons. The zero-order chi connectivity index (χ0) is 16.8. The Morgan fingerprint density at radius 3 is 2.55 bits per heavy atom. The maximum absolute atomic E-state index is 11.7. The summed E-state index contributed by atoms with van der Waals surface area (Å²) >= 11 is 0. The van der Waals surface area contributed by atoms with Gasteiger partial charge >= 0.3 is 0 Å². The molecule has 2 N–H and O–H groups in total. The number of rotatable bonds is 4. The molecule has 0 aromatic carbocycles. The Bertz CT molecular complexity index is 453. The second-order valence-corrected chi connectivity index (χ2v) is 8.45. The van der Waals surface area contributed by atoms with Crippen molar-refractivity contribution in [2.24, 2.45) is 23.2 Å². The first-order valence-corrected chi connectivity index (χ1v) is 8.84. The molecule has 2 heteroatoms. The first kappa shape index (κ1) is 17.7. The summed E-state index contributed by atoms with van der Waals surface area (Å²) in [5, 5.41) is 22.0. The molecule has 2 rings (SSSR count).